The minimum Gasteiger partial charge on any atom is -0.492 e. The molecule has 0 aliphatic carbocycles. The molecule has 0 amide bonds. The number of esters is 1. The number of carbonyl (C=O) groups excluding carboxylic acids is 1. The zero-order chi connectivity index (χ0) is 42.0. The smallest absolute Gasteiger partial charge is 0.472 e. The highest BCUT2D eigenvalue weighted by atomic mass is 31.2. The van der Waals surface area contributed by atoms with Gasteiger partial charge in [-0.2, -0.15) is 0 Å². The van der Waals surface area contributed by atoms with Gasteiger partial charge in [0, 0.05) is 6.42 Å². The fourth-order valence-electron chi connectivity index (χ4n) is 5.80. The number of allylic oxidation sites excluding steroid dienone is 11. The molecule has 2 atom stereocenters. The van der Waals surface area contributed by atoms with Gasteiger partial charge >= 0.3 is 13.8 Å². The van der Waals surface area contributed by atoms with Gasteiger partial charge in [-0.3, -0.25) is 13.8 Å². The average molecular weight is 821 g/mol. The summed E-state index contributed by atoms with van der Waals surface area (Å²) >= 11 is 0. The monoisotopic (exact) mass is 821 g/mol. The van der Waals surface area contributed by atoms with Crippen molar-refractivity contribution in [1.82, 2.24) is 0 Å². The summed E-state index contributed by atoms with van der Waals surface area (Å²) in [4.78, 5) is 22.7. The first-order chi connectivity index (χ1) is 27.6. The van der Waals surface area contributed by atoms with Crippen LogP contribution in [-0.4, -0.2) is 69.0 Å². The van der Waals surface area contributed by atoms with Crippen LogP contribution in [0.25, 0.3) is 0 Å². The first-order valence-electron chi connectivity index (χ1n) is 22.7. The number of phosphoric acid groups is 1. The maximum absolute atomic E-state index is 12.5. The molecule has 330 valence electrons. The van der Waals surface area contributed by atoms with E-state index in [-0.39, 0.29) is 25.8 Å². The van der Waals surface area contributed by atoms with Crippen molar-refractivity contribution in [3.8, 4) is 0 Å². The van der Waals surface area contributed by atoms with Gasteiger partial charge in [0.2, 0.25) is 0 Å². The number of ether oxygens (including phenoxy) is 2. The number of hydrogen-bond donors (Lipinski definition) is 1. The van der Waals surface area contributed by atoms with E-state index in [9.17, 15) is 14.3 Å². The van der Waals surface area contributed by atoms with Crippen molar-refractivity contribution in [3.63, 3.8) is 0 Å². The Morgan fingerprint density at radius 2 is 1.04 bits per heavy atom. The molecule has 0 heterocycles. The van der Waals surface area contributed by atoms with Crippen LogP contribution in [0.5, 0.6) is 0 Å². The molecule has 0 aromatic rings. The molecule has 0 aliphatic rings. The van der Waals surface area contributed by atoms with Gasteiger partial charge in [-0.15, -0.1) is 0 Å². The summed E-state index contributed by atoms with van der Waals surface area (Å²) < 4.78 is 34.8. The fraction of sp³-hybridized carbons (Fsp3) is 0.729. The SMILES string of the molecule is CC/C=C\C/C=C\C/C=C\C/C=C\C/C=C\CCCCCC(=O)OCC(COP(=O)(O)OCC[N+](C)(C)C)O/C=C\CCCCCCCCCCCCCCCC. The van der Waals surface area contributed by atoms with Crippen molar-refractivity contribution in [2.24, 2.45) is 0 Å². The highest BCUT2D eigenvalue weighted by Gasteiger charge is 2.25. The van der Waals surface area contributed by atoms with Gasteiger partial charge in [-0.05, 0) is 70.3 Å². The quantitative estimate of drug-likeness (QED) is 0.0164. The minimum atomic E-state index is -4.28. The molecule has 0 fully saturated rings. The number of phosphoric ester groups is 1. The Bertz CT molecular complexity index is 1140. The first-order valence-corrected chi connectivity index (χ1v) is 24.2. The average Bonchev–Trinajstić information content (AvgIpc) is 3.17. The standard InChI is InChI=1S/C48H86NO7P/c1-6-8-10-12-14-16-18-20-22-24-25-26-27-29-31-33-35-37-39-41-48(50)54-45-47(46-56-57(51,52)55-44-42-49(3,4)5)53-43-40-38-36-34-32-30-28-23-21-19-17-15-13-11-9-7-2/h8,10,14,16,20,22,25-26,29,31,40,43,47H,6-7,9,11-13,15,17-19,21,23-24,27-28,30,32-39,41-42,44-46H2,1-5H3/p+1/b10-8-,16-14-,22-20-,26-25-,31-29-,43-40-. The van der Waals surface area contributed by atoms with Crippen LogP contribution in [0, 0.1) is 0 Å². The first kappa shape index (κ1) is 54.8. The topological polar surface area (TPSA) is 91.3 Å². The third kappa shape index (κ3) is 44.7. The van der Waals surface area contributed by atoms with Gasteiger partial charge < -0.3 is 18.9 Å². The predicted octanol–water partition coefficient (Wildman–Crippen LogP) is 13.8. The van der Waals surface area contributed by atoms with Crippen LogP contribution in [-0.2, 0) is 27.9 Å². The molecule has 2 unspecified atom stereocenters. The second kappa shape index (κ2) is 40.6. The summed E-state index contributed by atoms with van der Waals surface area (Å²) in [7, 11) is 1.65. The molecule has 0 aromatic carbocycles. The van der Waals surface area contributed by atoms with Crippen molar-refractivity contribution in [2.75, 3.05) is 47.5 Å². The molecule has 9 heteroatoms. The zero-order valence-corrected chi connectivity index (χ0v) is 38.2. The van der Waals surface area contributed by atoms with Crippen LogP contribution < -0.4 is 0 Å². The normalized spacial score (nSPS) is 14.4. The number of carbonyl (C=O) groups is 1. The lowest BCUT2D eigenvalue weighted by Gasteiger charge is -2.24. The molecule has 0 aromatic heterocycles. The number of rotatable bonds is 41. The minimum absolute atomic E-state index is 0.0685. The van der Waals surface area contributed by atoms with Gasteiger partial charge in [0.05, 0.1) is 34.0 Å². The van der Waals surface area contributed by atoms with E-state index >= 15 is 0 Å². The second-order valence-corrected chi connectivity index (χ2v) is 17.6. The summed E-state index contributed by atoms with van der Waals surface area (Å²) in [5.41, 5.74) is 0. The molecule has 0 saturated heterocycles. The molecular formula is C48H87NO7P+. The van der Waals surface area contributed by atoms with Crippen molar-refractivity contribution < 1.29 is 37.3 Å². The molecule has 0 radical (unpaired) electrons. The summed E-state index contributed by atoms with van der Waals surface area (Å²) in [6.45, 7) is 4.75. The van der Waals surface area contributed by atoms with Crippen LogP contribution in [0.15, 0.2) is 73.1 Å². The van der Waals surface area contributed by atoms with Gasteiger partial charge in [0.15, 0.2) is 6.10 Å². The lowest BCUT2D eigenvalue weighted by atomic mass is 10.0. The summed E-state index contributed by atoms with van der Waals surface area (Å²) in [6.07, 6.45) is 53.3. The largest absolute Gasteiger partial charge is 0.492 e. The van der Waals surface area contributed by atoms with Crippen LogP contribution in [0.2, 0.25) is 0 Å². The van der Waals surface area contributed by atoms with Gasteiger partial charge in [0.1, 0.15) is 19.8 Å². The van der Waals surface area contributed by atoms with E-state index in [4.69, 9.17) is 18.5 Å². The maximum Gasteiger partial charge on any atom is 0.472 e. The maximum atomic E-state index is 12.5. The van der Waals surface area contributed by atoms with E-state index in [1.165, 1.54) is 83.5 Å². The van der Waals surface area contributed by atoms with Crippen LogP contribution >= 0.6 is 7.82 Å². The number of unbranched alkanes of at least 4 members (excludes halogenated alkanes) is 17. The van der Waals surface area contributed by atoms with Crippen molar-refractivity contribution in [1.29, 1.82) is 0 Å². The Morgan fingerprint density at radius 1 is 0.579 bits per heavy atom. The van der Waals surface area contributed by atoms with Gasteiger partial charge in [0.25, 0.3) is 0 Å². The second-order valence-electron chi connectivity index (χ2n) is 16.1. The Hall–Kier alpha value is -2.22. The number of likely N-dealkylation sites (N-methyl/N-ethyl adjacent to an activating group) is 1. The Morgan fingerprint density at radius 3 is 1.54 bits per heavy atom. The molecule has 57 heavy (non-hydrogen) atoms. The zero-order valence-electron chi connectivity index (χ0n) is 37.3. The van der Waals surface area contributed by atoms with Crippen molar-refractivity contribution in [2.45, 2.75) is 180 Å². The number of nitrogens with zero attached hydrogens (tertiary/aromatic N) is 1. The molecule has 0 saturated carbocycles. The third-order valence-electron chi connectivity index (χ3n) is 9.37. The number of quaternary nitrogens is 1. The highest BCUT2D eigenvalue weighted by molar-refractivity contribution is 7.47. The Kier molecular flexibility index (Phi) is 39.0. The van der Waals surface area contributed by atoms with E-state index in [1.807, 2.05) is 27.2 Å². The lowest BCUT2D eigenvalue weighted by molar-refractivity contribution is -0.870. The van der Waals surface area contributed by atoms with Crippen LogP contribution in [0.3, 0.4) is 0 Å². The molecule has 1 N–H and O–H groups in total. The molecule has 8 nitrogen and oxygen atoms in total. The number of hydrogen-bond acceptors (Lipinski definition) is 6. The van der Waals surface area contributed by atoms with Crippen LogP contribution in [0.4, 0.5) is 0 Å². The van der Waals surface area contributed by atoms with E-state index in [2.05, 4.69) is 74.6 Å². The highest BCUT2D eigenvalue weighted by Crippen LogP contribution is 2.43. The summed E-state index contributed by atoms with van der Waals surface area (Å²) in [6, 6.07) is 0. The molecule has 0 spiro atoms. The van der Waals surface area contributed by atoms with E-state index in [0.717, 1.165) is 70.6 Å². The van der Waals surface area contributed by atoms with E-state index in [0.29, 0.717) is 17.4 Å². The Balaban J connectivity index is 4.34. The van der Waals surface area contributed by atoms with Crippen molar-refractivity contribution >= 4 is 13.8 Å². The van der Waals surface area contributed by atoms with E-state index < -0.39 is 13.9 Å². The van der Waals surface area contributed by atoms with Crippen LogP contribution in [0.1, 0.15) is 174 Å². The lowest BCUT2D eigenvalue weighted by Crippen LogP contribution is -2.37. The molecule has 0 rings (SSSR count). The van der Waals surface area contributed by atoms with Crippen molar-refractivity contribution in [3.05, 3.63) is 73.1 Å². The van der Waals surface area contributed by atoms with E-state index in [1.54, 1.807) is 6.26 Å². The fourth-order valence-corrected chi connectivity index (χ4v) is 6.54. The molecular weight excluding hydrogens is 734 g/mol. The van der Waals surface area contributed by atoms with Gasteiger partial charge in [-0.1, -0.05) is 164 Å². The summed E-state index contributed by atoms with van der Waals surface area (Å²) in [5, 5.41) is 0. The molecule has 0 bridgehead atoms. The predicted molar refractivity (Wildman–Crippen MR) is 242 cm³/mol. The Labute approximate surface area is 351 Å². The summed E-state index contributed by atoms with van der Waals surface area (Å²) in [5.74, 6) is -0.309. The van der Waals surface area contributed by atoms with Gasteiger partial charge in [-0.25, -0.2) is 4.57 Å². The molecule has 0 aliphatic heterocycles. The third-order valence-corrected chi connectivity index (χ3v) is 10.4.